The van der Waals surface area contributed by atoms with Crippen LogP contribution in [0.15, 0.2) is 0 Å². The Bertz CT molecular complexity index is 304. The van der Waals surface area contributed by atoms with Gasteiger partial charge in [0.15, 0.2) is 9.84 Å². The van der Waals surface area contributed by atoms with Crippen molar-refractivity contribution in [1.29, 1.82) is 0 Å². The Hall–Kier alpha value is -0.230. The van der Waals surface area contributed by atoms with Gasteiger partial charge in [0.25, 0.3) is 6.43 Å². The van der Waals surface area contributed by atoms with E-state index < -0.39 is 27.1 Å². The van der Waals surface area contributed by atoms with E-state index in [2.05, 4.69) is 5.32 Å². The van der Waals surface area contributed by atoms with Gasteiger partial charge < -0.3 is 5.32 Å². The van der Waals surface area contributed by atoms with Crippen LogP contribution in [0.4, 0.5) is 8.78 Å². The Kier molecular flexibility index (Phi) is 3.16. The quantitative estimate of drug-likeness (QED) is 0.776. The van der Waals surface area contributed by atoms with Crippen LogP contribution < -0.4 is 5.32 Å². The number of halogens is 2. The van der Waals surface area contributed by atoms with Crippen molar-refractivity contribution in [3.8, 4) is 0 Å². The molecule has 0 aromatic carbocycles. The lowest BCUT2D eigenvalue weighted by Gasteiger charge is -2.33. The van der Waals surface area contributed by atoms with Crippen LogP contribution >= 0.6 is 0 Å². The monoisotopic (exact) mass is 227 g/mol. The molecule has 1 saturated carbocycles. The summed E-state index contributed by atoms with van der Waals surface area (Å²) in [6, 6.07) is 0. The normalized spacial score (nSPS) is 33.9. The van der Waals surface area contributed by atoms with Gasteiger partial charge in [-0.05, 0) is 26.3 Å². The largest absolute Gasteiger partial charge is 0.308 e. The molecule has 6 heteroatoms. The summed E-state index contributed by atoms with van der Waals surface area (Å²) in [5.74, 6) is 0. The van der Waals surface area contributed by atoms with Crippen molar-refractivity contribution in [2.24, 2.45) is 0 Å². The van der Waals surface area contributed by atoms with Crippen LogP contribution in [-0.2, 0) is 9.84 Å². The third-order valence-electron chi connectivity index (χ3n) is 3.00. The first-order valence-corrected chi connectivity index (χ1v) is 6.46. The van der Waals surface area contributed by atoms with Crippen molar-refractivity contribution < 1.29 is 17.2 Å². The Morgan fingerprint density at radius 1 is 1.50 bits per heavy atom. The molecule has 0 aliphatic heterocycles. The number of hydrogen-bond donors (Lipinski definition) is 1. The number of nitrogens with one attached hydrogen (secondary N) is 1. The molecule has 14 heavy (non-hydrogen) atoms. The lowest BCUT2D eigenvalue weighted by atomic mass is 9.98. The van der Waals surface area contributed by atoms with Crippen LogP contribution in [0.25, 0.3) is 0 Å². The fraction of sp³-hybridized carbons (Fsp3) is 1.00. The van der Waals surface area contributed by atoms with Crippen LogP contribution in [-0.4, -0.2) is 38.9 Å². The average Bonchev–Trinajstić information content (AvgIpc) is 2.47. The van der Waals surface area contributed by atoms with Crippen LogP contribution in [0.3, 0.4) is 0 Å². The number of rotatable bonds is 3. The molecule has 1 rings (SSSR count). The summed E-state index contributed by atoms with van der Waals surface area (Å²) in [7, 11) is -2.01. The zero-order valence-corrected chi connectivity index (χ0v) is 9.07. The third-order valence-corrected chi connectivity index (χ3v) is 4.69. The number of hydrogen-bond acceptors (Lipinski definition) is 3. The summed E-state index contributed by atoms with van der Waals surface area (Å²) in [4.78, 5) is 0. The van der Waals surface area contributed by atoms with Gasteiger partial charge >= 0.3 is 0 Å². The second kappa shape index (κ2) is 3.73. The van der Waals surface area contributed by atoms with Crippen molar-refractivity contribution in [1.82, 2.24) is 5.32 Å². The van der Waals surface area contributed by atoms with Gasteiger partial charge in [-0.3, -0.25) is 0 Å². The number of sulfone groups is 1. The van der Waals surface area contributed by atoms with Crippen LogP contribution in [0.1, 0.15) is 19.3 Å². The zero-order valence-electron chi connectivity index (χ0n) is 8.26. The molecule has 1 aliphatic carbocycles. The van der Waals surface area contributed by atoms with E-state index in [1.807, 2.05) is 0 Å². The smallest absolute Gasteiger partial charge is 0.257 e. The van der Waals surface area contributed by atoms with E-state index in [1.165, 1.54) is 7.05 Å². The first kappa shape index (κ1) is 11.8. The highest BCUT2D eigenvalue weighted by atomic mass is 32.2. The Labute approximate surface area is 82.8 Å². The molecule has 1 fully saturated rings. The minimum atomic E-state index is -3.41. The SMILES string of the molecule is CNC1(C(F)F)CCCC1S(C)(=O)=O. The van der Waals surface area contributed by atoms with Crippen LogP contribution in [0.5, 0.6) is 0 Å². The van der Waals surface area contributed by atoms with E-state index in [9.17, 15) is 17.2 Å². The Balaban J connectivity index is 3.07. The molecule has 0 aromatic rings. The first-order chi connectivity index (χ1) is 6.34. The highest BCUT2D eigenvalue weighted by Crippen LogP contribution is 2.38. The molecule has 0 spiro atoms. The maximum atomic E-state index is 12.8. The molecule has 1 aliphatic rings. The first-order valence-electron chi connectivity index (χ1n) is 4.50. The fourth-order valence-corrected chi connectivity index (χ4v) is 3.94. The minimum Gasteiger partial charge on any atom is -0.308 e. The van der Waals surface area contributed by atoms with Gasteiger partial charge in [-0.15, -0.1) is 0 Å². The summed E-state index contributed by atoms with van der Waals surface area (Å²) in [6.45, 7) is 0. The van der Waals surface area contributed by atoms with Crippen LogP contribution in [0, 0.1) is 0 Å². The van der Waals surface area contributed by atoms with Gasteiger partial charge in [0, 0.05) is 6.26 Å². The van der Waals surface area contributed by atoms with Crippen molar-refractivity contribution in [2.75, 3.05) is 13.3 Å². The van der Waals surface area contributed by atoms with Crippen molar-refractivity contribution in [3.63, 3.8) is 0 Å². The van der Waals surface area contributed by atoms with Crippen molar-refractivity contribution >= 4 is 9.84 Å². The molecule has 0 aromatic heterocycles. The van der Waals surface area contributed by atoms with Gasteiger partial charge in [-0.1, -0.05) is 0 Å². The van der Waals surface area contributed by atoms with E-state index in [-0.39, 0.29) is 6.42 Å². The molecular weight excluding hydrogens is 212 g/mol. The third kappa shape index (κ3) is 1.77. The summed E-state index contributed by atoms with van der Waals surface area (Å²) >= 11 is 0. The Morgan fingerprint density at radius 2 is 2.07 bits per heavy atom. The minimum absolute atomic E-state index is 0.221. The van der Waals surface area contributed by atoms with Gasteiger partial charge in [0.05, 0.1) is 10.8 Å². The van der Waals surface area contributed by atoms with Crippen molar-refractivity contribution in [2.45, 2.75) is 36.5 Å². The fourth-order valence-electron chi connectivity index (χ4n) is 2.24. The molecule has 0 radical (unpaired) electrons. The summed E-state index contributed by atoms with van der Waals surface area (Å²) < 4.78 is 48.4. The highest BCUT2D eigenvalue weighted by Gasteiger charge is 2.53. The molecule has 0 heterocycles. The van der Waals surface area contributed by atoms with E-state index in [4.69, 9.17) is 0 Å². The second-order valence-electron chi connectivity index (χ2n) is 3.80. The summed E-state index contributed by atoms with van der Waals surface area (Å²) in [5, 5.41) is 1.55. The van der Waals surface area contributed by atoms with Crippen molar-refractivity contribution in [3.05, 3.63) is 0 Å². The molecule has 2 atom stereocenters. The standard InChI is InChI=1S/C8H15F2NO2S/c1-11-8(7(9)10)5-3-4-6(8)14(2,12)13/h6-7,11H,3-5H2,1-2H3. The molecule has 2 unspecified atom stereocenters. The van der Waals surface area contributed by atoms with Gasteiger partial charge in [0.2, 0.25) is 0 Å². The van der Waals surface area contributed by atoms with Gasteiger partial charge in [0.1, 0.15) is 0 Å². The van der Waals surface area contributed by atoms with E-state index in [1.54, 1.807) is 0 Å². The predicted octanol–water partition coefficient (Wildman–Crippen LogP) is 0.807. The number of alkyl halides is 2. The molecule has 0 amide bonds. The molecular formula is C8H15F2NO2S. The highest BCUT2D eigenvalue weighted by molar-refractivity contribution is 7.91. The Morgan fingerprint density at radius 3 is 2.36 bits per heavy atom. The lowest BCUT2D eigenvalue weighted by molar-refractivity contribution is 0.0398. The predicted molar refractivity (Wildman–Crippen MR) is 50.3 cm³/mol. The maximum absolute atomic E-state index is 12.8. The molecule has 3 nitrogen and oxygen atoms in total. The van der Waals surface area contributed by atoms with Gasteiger partial charge in [-0.2, -0.15) is 0 Å². The lowest BCUT2D eigenvalue weighted by Crippen LogP contribution is -2.57. The van der Waals surface area contributed by atoms with E-state index >= 15 is 0 Å². The maximum Gasteiger partial charge on any atom is 0.257 e. The van der Waals surface area contributed by atoms with E-state index in [0.29, 0.717) is 12.8 Å². The average molecular weight is 227 g/mol. The zero-order chi connectivity index (χ0) is 11.0. The molecule has 0 bridgehead atoms. The summed E-state index contributed by atoms with van der Waals surface area (Å²) in [5.41, 5.74) is -1.53. The topological polar surface area (TPSA) is 46.2 Å². The second-order valence-corrected chi connectivity index (χ2v) is 6.03. The molecule has 0 saturated heterocycles. The molecule has 84 valence electrons. The van der Waals surface area contributed by atoms with E-state index in [0.717, 1.165) is 6.26 Å². The summed E-state index contributed by atoms with van der Waals surface area (Å²) in [6.07, 6.45) is -0.543. The molecule has 1 N–H and O–H groups in total. The van der Waals surface area contributed by atoms with Crippen LogP contribution in [0.2, 0.25) is 0 Å². The van der Waals surface area contributed by atoms with Gasteiger partial charge in [-0.25, -0.2) is 17.2 Å².